The van der Waals surface area contributed by atoms with Crippen LogP contribution in [0.4, 0.5) is 4.39 Å². The zero-order valence-corrected chi connectivity index (χ0v) is 12.0. The van der Waals surface area contributed by atoms with Crippen LogP contribution in [-0.2, 0) is 11.2 Å². The third-order valence-corrected chi connectivity index (χ3v) is 3.38. The van der Waals surface area contributed by atoms with Gasteiger partial charge in [0.2, 0.25) is 0 Å². The van der Waals surface area contributed by atoms with Crippen LogP contribution in [0.15, 0.2) is 48.5 Å². The van der Waals surface area contributed by atoms with Gasteiger partial charge in [0, 0.05) is 12.0 Å². The highest BCUT2D eigenvalue weighted by Gasteiger charge is 2.21. The minimum atomic E-state index is -1.13. The number of hydrogen-bond donors (Lipinski definition) is 2. The summed E-state index contributed by atoms with van der Waals surface area (Å²) < 4.78 is 13.1. The lowest BCUT2D eigenvalue weighted by molar-refractivity contribution is -0.139. The standard InChI is InChI=1S/C17H16FNO3/c1-11-5-2-3-6-12(11)10-15(17(21)22)19-16(20)13-7-4-8-14(18)9-13/h2-9,15H,10H2,1H3,(H,19,20)(H,21,22)/t15-/m1/s1. The Bertz CT molecular complexity index is 700. The maximum absolute atomic E-state index is 13.1. The number of nitrogens with one attached hydrogen (secondary N) is 1. The fourth-order valence-electron chi connectivity index (χ4n) is 2.13. The number of halogens is 1. The number of carbonyl (C=O) groups excluding carboxylic acids is 1. The SMILES string of the molecule is Cc1ccccc1C[C@@H](NC(=O)c1cccc(F)c1)C(=O)O. The van der Waals surface area contributed by atoms with Gasteiger partial charge in [0.25, 0.3) is 5.91 Å². The number of benzene rings is 2. The summed E-state index contributed by atoms with van der Waals surface area (Å²) in [6.45, 7) is 1.88. The Labute approximate surface area is 127 Å². The third kappa shape index (κ3) is 3.91. The molecule has 5 heteroatoms. The van der Waals surface area contributed by atoms with E-state index in [1.807, 2.05) is 31.2 Å². The van der Waals surface area contributed by atoms with Crippen molar-refractivity contribution < 1.29 is 19.1 Å². The first kappa shape index (κ1) is 15.7. The normalized spacial score (nSPS) is 11.7. The zero-order valence-electron chi connectivity index (χ0n) is 12.0. The van der Waals surface area contributed by atoms with E-state index in [-0.39, 0.29) is 12.0 Å². The van der Waals surface area contributed by atoms with E-state index < -0.39 is 23.7 Å². The summed E-state index contributed by atoms with van der Waals surface area (Å²) in [5, 5.41) is 11.7. The predicted octanol–water partition coefficient (Wildman–Crippen LogP) is 2.56. The molecule has 1 atom stereocenters. The Morgan fingerprint density at radius 1 is 1.18 bits per heavy atom. The summed E-state index contributed by atoms with van der Waals surface area (Å²) >= 11 is 0. The summed E-state index contributed by atoms with van der Waals surface area (Å²) in [7, 11) is 0. The molecule has 22 heavy (non-hydrogen) atoms. The molecule has 0 bridgehead atoms. The lowest BCUT2D eigenvalue weighted by Gasteiger charge is -2.16. The van der Waals surface area contributed by atoms with Crippen LogP contribution in [0.1, 0.15) is 21.5 Å². The Morgan fingerprint density at radius 2 is 1.91 bits per heavy atom. The maximum atomic E-state index is 13.1. The van der Waals surface area contributed by atoms with Crippen molar-refractivity contribution in [3.8, 4) is 0 Å². The number of rotatable bonds is 5. The molecule has 0 spiro atoms. The van der Waals surface area contributed by atoms with E-state index in [0.717, 1.165) is 17.2 Å². The highest BCUT2D eigenvalue weighted by atomic mass is 19.1. The van der Waals surface area contributed by atoms with Crippen LogP contribution in [0.3, 0.4) is 0 Å². The van der Waals surface area contributed by atoms with Gasteiger partial charge in [-0.05, 0) is 36.2 Å². The van der Waals surface area contributed by atoms with Crippen molar-refractivity contribution >= 4 is 11.9 Å². The first-order chi connectivity index (χ1) is 10.5. The van der Waals surface area contributed by atoms with Crippen LogP contribution >= 0.6 is 0 Å². The number of aryl methyl sites for hydroxylation is 1. The van der Waals surface area contributed by atoms with E-state index in [1.54, 1.807) is 0 Å². The fraction of sp³-hybridized carbons (Fsp3) is 0.176. The lowest BCUT2D eigenvalue weighted by Crippen LogP contribution is -2.42. The molecule has 114 valence electrons. The molecule has 2 aromatic rings. The number of carboxylic acid groups (broad SMARTS) is 1. The minimum Gasteiger partial charge on any atom is -0.480 e. The maximum Gasteiger partial charge on any atom is 0.326 e. The van der Waals surface area contributed by atoms with Crippen molar-refractivity contribution in [3.05, 3.63) is 71.0 Å². The molecule has 2 aromatic carbocycles. The minimum absolute atomic E-state index is 0.0935. The van der Waals surface area contributed by atoms with Crippen LogP contribution in [-0.4, -0.2) is 23.0 Å². The molecule has 1 amide bonds. The molecule has 0 aliphatic rings. The van der Waals surface area contributed by atoms with Crippen LogP contribution in [0.2, 0.25) is 0 Å². The van der Waals surface area contributed by atoms with Gasteiger partial charge >= 0.3 is 5.97 Å². The van der Waals surface area contributed by atoms with Crippen LogP contribution in [0, 0.1) is 12.7 Å². The quantitative estimate of drug-likeness (QED) is 0.892. The van der Waals surface area contributed by atoms with Crippen molar-refractivity contribution in [3.63, 3.8) is 0 Å². The van der Waals surface area contributed by atoms with Crippen LogP contribution in [0.25, 0.3) is 0 Å². The zero-order chi connectivity index (χ0) is 16.1. The summed E-state index contributed by atoms with van der Waals surface area (Å²) in [6.07, 6.45) is 0.170. The van der Waals surface area contributed by atoms with E-state index in [9.17, 15) is 19.1 Å². The Hall–Kier alpha value is -2.69. The predicted molar refractivity (Wildman–Crippen MR) is 80.2 cm³/mol. The molecule has 0 radical (unpaired) electrons. The Balaban J connectivity index is 2.14. The average molecular weight is 301 g/mol. The number of carbonyl (C=O) groups is 2. The molecule has 2 N–H and O–H groups in total. The van der Waals surface area contributed by atoms with E-state index in [2.05, 4.69) is 5.32 Å². The summed E-state index contributed by atoms with van der Waals surface area (Å²) in [5.41, 5.74) is 1.89. The highest BCUT2D eigenvalue weighted by molar-refractivity contribution is 5.96. The highest BCUT2D eigenvalue weighted by Crippen LogP contribution is 2.11. The molecule has 0 heterocycles. The molecule has 4 nitrogen and oxygen atoms in total. The average Bonchev–Trinajstić information content (AvgIpc) is 2.48. The van der Waals surface area contributed by atoms with Gasteiger partial charge in [-0.3, -0.25) is 4.79 Å². The number of carboxylic acids is 1. The molecular weight excluding hydrogens is 285 g/mol. The molecular formula is C17H16FNO3. The summed E-state index contributed by atoms with van der Waals surface area (Å²) in [5.74, 6) is -2.29. The molecule has 2 rings (SSSR count). The van der Waals surface area contributed by atoms with Crippen LogP contribution in [0.5, 0.6) is 0 Å². The van der Waals surface area contributed by atoms with E-state index in [0.29, 0.717) is 0 Å². The molecule has 0 unspecified atom stereocenters. The van der Waals surface area contributed by atoms with Crippen LogP contribution < -0.4 is 5.32 Å². The molecule has 0 saturated heterocycles. The third-order valence-electron chi connectivity index (χ3n) is 3.38. The van der Waals surface area contributed by atoms with Gasteiger partial charge in [0.05, 0.1) is 0 Å². The van der Waals surface area contributed by atoms with Gasteiger partial charge in [-0.1, -0.05) is 30.3 Å². The van der Waals surface area contributed by atoms with Gasteiger partial charge < -0.3 is 10.4 Å². The van der Waals surface area contributed by atoms with Gasteiger partial charge in [-0.15, -0.1) is 0 Å². The van der Waals surface area contributed by atoms with Gasteiger partial charge in [-0.25, -0.2) is 9.18 Å². The second-order valence-electron chi connectivity index (χ2n) is 5.01. The second kappa shape index (κ2) is 6.85. The van der Waals surface area contributed by atoms with Crippen molar-refractivity contribution in [1.29, 1.82) is 0 Å². The monoisotopic (exact) mass is 301 g/mol. The van der Waals surface area contributed by atoms with Gasteiger partial charge in [0.15, 0.2) is 0 Å². The topological polar surface area (TPSA) is 66.4 Å². The lowest BCUT2D eigenvalue weighted by atomic mass is 10.0. The number of hydrogen-bond acceptors (Lipinski definition) is 2. The summed E-state index contributed by atoms with van der Waals surface area (Å²) in [4.78, 5) is 23.4. The molecule has 0 fully saturated rings. The largest absolute Gasteiger partial charge is 0.480 e. The summed E-state index contributed by atoms with van der Waals surface area (Å²) in [6, 6.07) is 11.4. The fourth-order valence-corrected chi connectivity index (χ4v) is 2.13. The first-order valence-corrected chi connectivity index (χ1v) is 6.81. The van der Waals surface area contributed by atoms with Gasteiger partial charge in [0.1, 0.15) is 11.9 Å². The Kier molecular flexibility index (Phi) is 4.88. The number of aliphatic carboxylic acids is 1. The molecule has 0 aliphatic carbocycles. The van der Waals surface area contributed by atoms with Crippen molar-refractivity contribution in [2.75, 3.05) is 0 Å². The van der Waals surface area contributed by atoms with E-state index in [1.165, 1.54) is 18.2 Å². The van der Waals surface area contributed by atoms with E-state index in [4.69, 9.17) is 0 Å². The molecule has 0 saturated carbocycles. The second-order valence-corrected chi connectivity index (χ2v) is 5.01. The molecule has 0 aromatic heterocycles. The molecule has 0 aliphatic heterocycles. The first-order valence-electron chi connectivity index (χ1n) is 6.81. The van der Waals surface area contributed by atoms with E-state index >= 15 is 0 Å². The van der Waals surface area contributed by atoms with Gasteiger partial charge in [-0.2, -0.15) is 0 Å². The van der Waals surface area contributed by atoms with Crippen molar-refractivity contribution in [1.82, 2.24) is 5.32 Å². The smallest absolute Gasteiger partial charge is 0.326 e. The van der Waals surface area contributed by atoms with Crippen molar-refractivity contribution in [2.24, 2.45) is 0 Å². The Morgan fingerprint density at radius 3 is 2.55 bits per heavy atom. The number of amides is 1. The van der Waals surface area contributed by atoms with Crippen molar-refractivity contribution in [2.45, 2.75) is 19.4 Å².